The van der Waals surface area contributed by atoms with E-state index in [1.807, 2.05) is 49.4 Å². The fourth-order valence-electron chi connectivity index (χ4n) is 2.02. The van der Waals surface area contributed by atoms with Crippen LogP contribution in [-0.2, 0) is 0 Å². The van der Waals surface area contributed by atoms with Crippen molar-refractivity contribution in [2.24, 2.45) is 5.73 Å². The lowest BCUT2D eigenvalue weighted by atomic mass is 9.94. The summed E-state index contributed by atoms with van der Waals surface area (Å²) in [6.07, 6.45) is -0.732. The first-order chi connectivity index (χ1) is 8.59. The van der Waals surface area contributed by atoms with Crippen molar-refractivity contribution in [3.8, 4) is 0 Å². The summed E-state index contributed by atoms with van der Waals surface area (Å²) >= 11 is 5.91. The van der Waals surface area contributed by atoms with Gasteiger partial charge >= 0.3 is 0 Å². The van der Waals surface area contributed by atoms with Crippen molar-refractivity contribution in [1.82, 2.24) is 0 Å². The number of benzene rings is 2. The lowest BCUT2D eigenvalue weighted by Crippen LogP contribution is -2.20. The summed E-state index contributed by atoms with van der Waals surface area (Å²) in [5.74, 6) is 0. The Labute approximate surface area is 112 Å². The molecule has 2 nitrogen and oxygen atoms in total. The Morgan fingerprint density at radius 3 is 2.39 bits per heavy atom. The molecule has 0 aliphatic heterocycles. The molecule has 18 heavy (non-hydrogen) atoms. The van der Waals surface area contributed by atoms with Crippen LogP contribution < -0.4 is 5.73 Å². The average Bonchev–Trinajstić information content (AvgIpc) is 2.38. The molecule has 0 saturated carbocycles. The van der Waals surface area contributed by atoms with E-state index in [1.54, 1.807) is 6.07 Å². The smallest absolute Gasteiger partial charge is 0.0985 e. The molecule has 0 saturated heterocycles. The number of hydrogen-bond acceptors (Lipinski definition) is 2. The maximum absolute atomic E-state index is 10.3. The third-order valence-corrected chi connectivity index (χ3v) is 3.31. The van der Waals surface area contributed by atoms with Crippen molar-refractivity contribution in [1.29, 1.82) is 0 Å². The molecule has 94 valence electrons. The summed E-state index contributed by atoms with van der Waals surface area (Å²) in [7, 11) is 0. The molecule has 0 fully saturated rings. The molecule has 2 atom stereocenters. The normalized spacial score (nSPS) is 14.2. The minimum absolute atomic E-state index is 0.439. The Kier molecular flexibility index (Phi) is 4.02. The van der Waals surface area contributed by atoms with Crippen molar-refractivity contribution in [2.45, 2.75) is 19.1 Å². The second-order valence-corrected chi connectivity index (χ2v) is 4.82. The number of aliphatic hydroxyl groups excluding tert-OH is 1. The molecular formula is C15H16ClNO. The van der Waals surface area contributed by atoms with Gasteiger partial charge in [0.15, 0.2) is 0 Å². The molecule has 0 aliphatic carbocycles. The van der Waals surface area contributed by atoms with Gasteiger partial charge in [0.25, 0.3) is 0 Å². The molecule has 0 spiro atoms. The van der Waals surface area contributed by atoms with Crippen molar-refractivity contribution >= 4 is 11.6 Å². The van der Waals surface area contributed by atoms with Crippen LogP contribution in [0, 0.1) is 6.92 Å². The Morgan fingerprint density at radius 2 is 1.78 bits per heavy atom. The lowest BCUT2D eigenvalue weighted by molar-refractivity contribution is 0.146. The third kappa shape index (κ3) is 2.72. The molecule has 0 aromatic heterocycles. The SMILES string of the molecule is Cc1cc(Cl)ccc1C(O)C(N)c1ccccc1. The number of nitrogens with two attached hydrogens (primary N) is 1. The molecular weight excluding hydrogens is 246 g/mol. The highest BCUT2D eigenvalue weighted by atomic mass is 35.5. The van der Waals surface area contributed by atoms with E-state index in [9.17, 15) is 5.11 Å². The van der Waals surface area contributed by atoms with Gasteiger partial charge in [-0.15, -0.1) is 0 Å². The van der Waals surface area contributed by atoms with Crippen LogP contribution in [0.4, 0.5) is 0 Å². The highest BCUT2D eigenvalue weighted by molar-refractivity contribution is 6.30. The number of aliphatic hydroxyl groups is 1. The molecule has 3 N–H and O–H groups in total. The largest absolute Gasteiger partial charge is 0.386 e. The van der Waals surface area contributed by atoms with E-state index in [4.69, 9.17) is 17.3 Å². The number of halogens is 1. The molecule has 0 amide bonds. The van der Waals surface area contributed by atoms with Crippen LogP contribution in [0.1, 0.15) is 28.8 Å². The molecule has 3 heteroatoms. The van der Waals surface area contributed by atoms with Crippen molar-refractivity contribution < 1.29 is 5.11 Å². The molecule has 0 aliphatic rings. The maximum Gasteiger partial charge on any atom is 0.0985 e. The van der Waals surface area contributed by atoms with Crippen LogP contribution in [0.5, 0.6) is 0 Å². The Bertz CT molecular complexity index is 527. The molecule has 2 rings (SSSR count). The number of rotatable bonds is 3. The van der Waals surface area contributed by atoms with Gasteiger partial charge in [-0.2, -0.15) is 0 Å². The van der Waals surface area contributed by atoms with E-state index in [1.165, 1.54) is 0 Å². The van der Waals surface area contributed by atoms with Crippen molar-refractivity contribution in [3.05, 3.63) is 70.2 Å². The van der Waals surface area contributed by atoms with E-state index < -0.39 is 12.1 Å². The summed E-state index contributed by atoms with van der Waals surface area (Å²) in [6.45, 7) is 1.92. The highest BCUT2D eigenvalue weighted by Gasteiger charge is 2.20. The van der Waals surface area contributed by atoms with E-state index in [0.29, 0.717) is 5.02 Å². The molecule has 2 aromatic carbocycles. The van der Waals surface area contributed by atoms with Gasteiger partial charge in [0.05, 0.1) is 12.1 Å². The highest BCUT2D eigenvalue weighted by Crippen LogP contribution is 2.29. The van der Waals surface area contributed by atoms with Crippen molar-refractivity contribution in [2.75, 3.05) is 0 Å². The molecule has 0 radical (unpaired) electrons. The van der Waals surface area contributed by atoms with Gasteiger partial charge in [-0.25, -0.2) is 0 Å². The second kappa shape index (κ2) is 5.53. The number of aryl methyl sites for hydroxylation is 1. The summed E-state index contributed by atoms with van der Waals surface area (Å²) in [4.78, 5) is 0. The standard InChI is InChI=1S/C15H16ClNO/c1-10-9-12(16)7-8-13(10)15(18)14(17)11-5-3-2-4-6-11/h2-9,14-15,18H,17H2,1H3. The zero-order chi connectivity index (χ0) is 13.1. The molecule has 2 aromatic rings. The van der Waals surface area contributed by atoms with Gasteiger partial charge in [-0.05, 0) is 35.7 Å². The van der Waals surface area contributed by atoms with Crippen LogP contribution >= 0.6 is 11.6 Å². The van der Waals surface area contributed by atoms with Gasteiger partial charge in [0.2, 0.25) is 0 Å². The van der Waals surface area contributed by atoms with E-state index in [2.05, 4.69) is 0 Å². The summed E-state index contributed by atoms with van der Waals surface area (Å²) in [6, 6.07) is 14.6. The third-order valence-electron chi connectivity index (χ3n) is 3.08. The first kappa shape index (κ1) is 13.1. The van der Waals surface area contributed by atoms with E-state index in [0.717, 1.165) is 16.7 Å². The first-order valence-electron chi connectivity index (χ1n) is 5.84. The maximum atomic E-state index is 10.3. The average molecular weight is 262 g/mol. The molecule has 0 heterocycles. The first-order valence-corrected chi connectivity index (χ1v) is 6.22. The van der Waals surface area contributed by atoms with Gasteiger partial charge in [0.1, 0.15) is 0 Å². The minimum Gasteiger partial charge on any atom is -0.386 e. The molecule has 0 bridgehead atoms. The fraction of sp³-hybridized carbons (Fsp3) is 0.200. The zero-order valence-corrected chi connectivity index (χ0v) is 10.9. The number of hydrogen-bond donors (Lipinski definition) is 2. The van der Waals surface area contributed by atoms with Gasteiger partial charge in [-0.1, -0.05) is 48.0 Å². The van der Waals surface area contributed by atoms with Crippen LogP contribution in [0.25, 0.3) is 0 Å². The second-order valence-electron chi connectivity index (χ2n) is 4.38. The minimum atomic E-state index is -0.732. The van der Waals surface area contributed by atoms with Crippen LogP contribution in [-0.4, -0.2) is 5.11 Å². The quantitative estimate of drug-likeness (QED) is 0.890. The van der Waals surface area contributed by atoms with E-state index in [-0.39, 0.29) is 0 Å². The van der Waals surface area contributed by atoms with Gasteiger partial charge in [-0.3, -0.25) is 0 Å². The van der Waals surface area contributed by atoms with Gasteiger partial charge < -0.3 is 10.8 Å². The van der Waals surface area contributed by atoms with E-state index >= 15 is 0 Å². The van der Waals surface area contributed by atoms with Gasteiger partial charge in [0, 0.05) is 5.02 Å². The lowest BCUT2D eigenvalue weighted by Gasteiger charge is -2.21. The summed E-state index contributed by atoms with van der Waals surface area (Å²) in [5, 5.41) is 11.0. The summed E-state index contributed by atoms with van der Waals surface area (Å²) < 4.78 is 0. The fourth-order valence-corrected chi connectivity index (χ4v) is 2.25. The topological polar surface area (TPSA) is 46.2 Å². The van der Waals surface area contributed by atoms with Crippen LogP contribution in [0.2, 0.25) is 5.02 Å². The zero-order valence-electron chi connectivity index (χ0n) is 10.2. The predicted octanol–water partition coefficient (Wildman–Crippen LogP) is 3.38. The van der Waals surface area contributed by atoms with Crippen molar-refractivity contribution in [3.63, 3.8) is 0 Å². The Hall–Kier alpha value is -1.35. The predicted molar refractivity (Wildman–Crippen MR) is 74.5 cm³/mol. The monoisotopic (exact) mass is 261 g/mol. The van der Waals surface area contributed by atoms with Crippen LogP contribution in [0.15, 0.2) is 48.5 Å². The van der Waals surface area contributed by atoms with Crippen LogP contribution in [0.3, 0.4) is 0 Å². The molecule has 2 unspecified atom stereocenters. The Morgan fingerprint density at radius 1 is 1.11 bits per heavy atom. The summed E-state index contributed by atoms with van der Waals surface area (Å²) in [5.41, 5.74) is 8.77. The Balaban J connectivity index is 2.28.